The Kier molecular flexibility index (Phi) is 8.17. The van der Waals surface area contributed by atoms with Gasteiger partial charge in [-0.15, -0.1) is 0 Å². The van der Waals surface area contributed by atoms with Crippen molar-refractivity contribution in [2.75, 3.05) is 13.7 Å². The quantitative estimate of drug-likeness (QED) is 0.548. The molecule has 10 heteroatoms. The first kappa shape index (κ1) is 25.1. The standard InChI is InChI=1S/C24H27F2N3O5/c1-4-14-13-20(30)29(22(27)15-6-8-16(9-7-15)23(31)33-5-2)28-21(14)17-10-11-18(34-24(25)26)19(12-17)32-3/h6-12,14,22,24H,4-5,13,27H2,1-3H3. The van der Waals surface area contributed by atoms with Gasteiger partial charge in [0.05, 0.1) is 25.0 Å². The minimum Gasteiger partial charge on any atom is -0.493 e. The minimum absolute atomic E-state index is 0.1000. The first-order chi connectivity index (χ1) is 16.3. The molecule has 2 aromatic rings. The summed E-state index contributed by atoms with van der Waals surface area (Å²) in [6, 6.07) is 11.0. The monoisotopic (exact) mass is 475 g/mol. The van der Waals surface area contributed by atoms with Crippen LogP contribution < -0.4 is 15.2 Å². The topological polar surface area (TPSA) is 103 Å². The predicted octanol–water partition coefficient (Wildman–Crippen LogP) is 4.09. The molecule has 0 fully saturated rings. The highest BCUT2D eigenvalue weighted by atomic mass is 19.3. The summed E-state index contributed by atoms with van der Waals surface area (Å²) in [5.74, 6) is -0.860. The summed E-state index contributed by atoms with van der Waals surface area (Å²) >= 11 is 0. The van der Waals surface area contributed by atoms with Crippen LogP contribution in [0.3, 0.4) is 0 Å². The maximum atomic E-state index is 12.9. The van der Waals surface area contributed by atoms with E-state index in [1.54, 1.807) is 43.3 Å². The van der Waals surface area contributed by atoms with Crippen molar-refractivity contribution >= 4 is 17.6 Å². The molecule has 34 heavy (non-hydrogen) atoms. The van der Waals surface area contributed by atoms with Gasteiger partial charge in [0, 0.05) is 17.9 Å². The van der Waals surface area contributed by atoms with Crippen LogP contribution in [-0.2, 0) is 9.53 Å². The highest BCUT2D eigenvalue weighted by Crippen LogP contribution is 2.33. The second kappa shape index (κ2) is 11.1. The average molecular weight is 475 g/mol. The predicted molar refractivity (Wildman–Crippen MR) is 121 cm³/mol. The van der Waals surface area contributed by atoms with Gasteiger partial charge in [-0.3, -0.25) is 4.79 Å². The van der Waals surface area contributed by atoms with Crippen molar-refractivity contribution in [3.63, 3.8) is 0 Å². The van der Waals surface area contributed by atoms with Crippen LogP contribution in [0.1, 0.15) is 54.3 Å². The molecule has 2 aromatic carbocycles. The molecule has 1 aliphatic rings. The average Bonchev–Trinajstić information content (AvgIpc) is 2.83. The van der Waals surface area contributed by atoms with E-state index in [0.717, 1.165) is 0 Å². The molecule has 0 bridgehead atoms. The van der Waals surface area contributed by atoms with Crippen LogP contribution in [0.5, 0.6) is 11.5 Å². The number of methoxy groups -OCH3 is 1. The molecule has 1 aliphatic heterocycles. The molecular weight excluding hydrogens is 448 g/mol. The number of nitrogens with two attached hydrogens (primary N) is 1. The van der Waals surface area contributed by atoms with E-state index in [0.29, 0.717) is 28.8 Å². The van der Waals surface area contributed by atoms with E-state index in [2.05, 4.69) is 9.84 Å². The van der Waals surface area contributed by atoms with Gasteiger partial charge in [-0.05, 0) is 49.2 Å². The van der Waals surface area contributed by atoms with E-state index in [1.165, 1.54) is 18.2 Å². The summed E-state index contributed by atoms with van der Waals surface area (Å²) in [4.78, 5) is 24.7. The molecule has 0 saturated heterocycles. The number of carbonyl (C=O) groups is 2. The van der Waals surface area contributed by atoms with Crippen LogP contribution in [0.2, 0.25) is 0 Å². The van der Waals surface area contributed by atoms with E-state index in [9.17, 15) is 18.4 Å². The number of alkyl halides is 2. The SMILES string of the molecule is CCOC(=O)c1ccc(C(N)N2N=C(c3ccc(OC(F)F)c(OC)c3)C(CC)CC2=O)cc1. The van der Waals surface area contributed by atoms with Gasteiger partial charge in [0.2, 0.25) is 5.91 Å². The van der Waals surface area contributed by atoms with E-state index in [4.69, 9.17) is 15.2 Å². The number of esters is 1. The Morgan fingerprint density at radius 3 is 2.47 bits per heavy atom. The third-order valence-electron chi connectivity index (χ3n) is 5.47. The second-order valence-electron chi connectivity index (χ2n) is 7.56. The molecule has 1 heterocycles. The van der Waals surface area contributed by atoms with Crippen LogP contribution in [0.4, 0.5) is 8.78 Å². The number of rotatable bonds is 9. The first-order valence-electron chi connectivity index (χ1n) is 10.8. The smallest absolute Gasteiger partial charge is 0.387 e. The number of hydrazone groups is 1. The van der Waals surface area contributed by atoms with Crippen LogP contribution in [0, 0.1) is 5.92 Å². The zero-order valence-electron chi connectivity index (χ0n) is 19.2. The number of hydrogen-bond acceptors (Lipinski definition) is 7. The highest BCUT2D eigenvalue weighted by molar-refractivity contribution is 6.06. The minimum atomic E-state index is -2.99. The number of ether oxygens (including phenoxy) is 3. The normalized spacial score (nSPS) is 16.8. The molecule has 0 aromatic heterocycles. The molecular formula is C24H27F2N3O5. The third kappa shape index (κ3) is 5.51. The van der Waals surface area contributed by atoms with Crippen molar-refractivity contribution in [2.24, 2.45) is 16.8 Å². The molecule has 3 rings (SSSR count). The maximum absolute atomic E-state index is 12.9. The van der Waals surface area contributed by atoms with Crippen LogP contribution in [0.25, 0.3) is 0 Å². The lowest BCUT2D eigenvalue weighted by molar-refractivity contribution is -0.135. The van der Waals surface area contributed by atoms with Crippen molar-refractivity contribution in [3.8, 4) is 11.5 Å². The molecule has 1 amide bonds. The maximum Gasteiger partial charge on any atom is 0.387 e. The Balaban J connectivity index is 1.93. The first-order valence-corrected chi connectivity index (χ1v) is 10.8. The van der Waals surface area contributed by atoms with Crippen molar-refractivity contribution in [3.05, 3.63) is 59.2 Å². The summed E-state index contributed by atoms with van der Waals surface area (Å²) in [7, 11) is 1.35. The van der Waals surface area contributed by atoms with Crippen molar-refractivity contribution in [1.82, 2.24) is 5.01 Å². The van der Waals surface area contributed by atoms with Gasteiger partial charge in [0.1, 0.15) is 6.17 Å². The lowest BCUT2D eigenvalue weighted by Crippen LogP contribution is -2.42. The van der Waals surface area contributed by atoms with Gasteiger partial charge in [-0.25, -0.2) is 9.80 Å². The molecule has 8 nitrogen and oxygen atoms in total. The van der Waals surface area contributed by atoms with E-state index < -0.39 is 18.7 Å². The fraction of sp³-hybridized carbons (Fsp3) is 0.375. The van der Waals surface area contributed by atoms with Crippen LogP contribution in [0.15, 0.2) is 47.6 Å². The molecule has 0 spiro atoms. The van der Waals surface area contributed by atoms with Crippen LogP contribution in [-0.4, -0.2) is 42.9 Å². The Hall–Kier alpha value is -3.53. The summed E-state index contributed by atoms with van der Waals surface area (Å²) < 4.78 is 40.0. The Labute approximate surface area is 196 Å². The molecule has 2 atom stereocenters. The molecule has 182 valence electrons. The highest BCUT2D eigenvalue weighted by Gasteiger charge is 2.33. The fourth-order valence-electron chi connectivity index (χ4n) is 3.70. The Morgan fingerprint density at radius 1 is 1.18 bits per heavy atom. The summed E-state index contributed by atoms with van der Waals surface area (Å²) in [6.45, 7) is 0.927. The zero-order valence-corrected chi connectivity index (χ0v) is 19.2. The van der Waals surface area contributed by atoms with Crippen molar-refractivity contribution < 1.29 is 32.6 Å². The summed E-state index contributed by atoms with van der Waals surface area (Å²) in [6.07, 6.45) is -0.0685. The van der Waals surface area contributed by atoms with E-state index in [1.807, 2.05) is 6.92 Å². The van der Waals surface area contributed by atoms with Gasteiger partial charge >= 0.3 is 12.6 Å². The molecule has 0 aliphatic carbocycles. The number of hydrogen-bond donors (Lipinski definition) is 1. The van der Waals surface area contributed by atoms with Crippen molar-refractivity contribution in [1.29, 1.82) is 0 Å². The Morgan fingerprint density at radius 2 is 1.88 bits per heavy atom. The zero-order chi connectivity index (χ0) is 24.8. The molecule has 0 radical (unpaired) electrons. The van der Waals surface area contributed by atoms with Gasteiger partial charge in [-0.1, -0.05) is 19.1 Å². The van der Waals surface area contributed by atoms with Crippen molar-refractivity contribution in [2.45, 2.75) is 39.5 Å². The number of benzene rings is 2. The van der Waals surface area contributed by atoms with Gasteiger partial charge in [0.25, 0.3) is 0 Å². The molecule has 2 N–H and O–H groups in total. The van der Waals surface area contributed by atoms with E-state index >= 15 is 0 Å². The number of nitrogens with zero attached hydrogens (tertiary/aromatic N) is 2. The summed E-state index contributed by atoms with van der Waals surface area (Å²) in [5.41, 5.74) is 8.50. The number of halogens is 2. The lowest BCUT2D eigenvalue weighted by atomic mass is 9.89. The second-order valence-corrected chi connectivity index (χ2v) is 7.56. The van der Waals surface area contributed by atoms with E-state index in [-0.39, 0.29) is 36.4 Å². The fourth-order valence-corrected chi connectivity index (χ4v) is 3.70. The largest absolute Gasteiger partial charge is 0.493 e. The Bertz CT molecular complexity index is 1060. The third-order valence-corrected chi connectivity index (χ3v) is 5.47. The number of carbonyl (C=O) groups excluding carboxylic acids is 2. The van der Waals surface area contributed by atoms with Crippen LogP contribution >= 0.6 is 0 Å². The van der Waals surface area contributed by atoms with Gasteiger partial charge in [0.15, 0.2) is 11.5 Å². The molecule has 0 saturated carbocycles. The summed E-state index contributed by atoms with van der Waals surface area (Å²) in [5, 5.41) is 5.76. The van der Waals surface area contributed by atoms with Gasteiger partial charge < -0.3 is 19.9 Å². The molecule has 2 unspecified atom stereocenters. The van der Waals surface area contributed by atoms with Gasteiger partial charge in [-0.2, -0.15) is 13.9 Å². The lowest BCUT2D eigenvalue weighted by Gasteiger charge is -2.33. The number of amides is 1.